The number of thiophene rings is 1. The van der Waals surface area contributed by atoms with Crippen molar-refractivity contribution in [1.29, 1.82) is 0 Å². The maximum atomic E-state index is 12.5. The van der Waals surface area contributed by atoms with E-state index in [0.29, 0.717) is 19.3 Å². The van der Waals surface area contributed by atoms with Crippen LogP contribution in [0.15, 0.2) is 15.9 Å². The average molecular weight is 377 g/mol. The molecule has 1 aromatic heterocycles. The van der Waals surface area contributed by atoms with Crippen molar-refractivity contribution in [3.8, 4) is 0 Å². The van der Waals surface area contributed by atoms with Crippen LogP contribution in [0.25, 0.3) is 0 Å². The monoisotopic (exact) mass is 376 g/mol. The van der Waals surface area contributed by atoms with E-state index in [1.807, 2.05) is 19.1 Å². The summed E-state index contributed by atoms with van der Waals surface area (Å²) < 4.78 is 11.3. The maximum absolute atomic E-state index is 12.5. The fourth-order valence-electron chi connectivity index (χ4n) is 2.23. The van der Waals surface area contributed by atoms with Gasteiger partial charge in [-0.3, -0.25) is 9.59 Å². The number of halogens is 1. The normalized spacial score (nSPS) is 11.2. The number of hydrogen-bond acceptors (Lipinski definition) is 5. The summed E-state index contributed by atoms with van der Waals surface area (Å²) in [5, 5.41) is 0. The van der Waals surface area contributed by atoms with Crippen LogP contribution >= 0.6 is 27.3 Å². The largest absolute Gasteiger partial charge is 0.465 e. The van der Waals surface area contributed by atoms with E-state index in [1.165, 1.54) is 11.3 Å². The van der Waals surface area contributed by atoms with Crippen LogP contribution in [0.4, 0.5) is 0 Å². The summed E-state index contributed by atoms with van der Waals surface area (Å²) in [7, 11) is 0. The summed E-state index contributed by atoms with van der Waals surface area (Å²) in [6.45, 7) is 5.91. The first-order chi connectivity index (χ1) is 10.00. The van der Waals surface area contributed by atoms with Gasteiger partial charge in [-0.15, -0.1) is 11.3 Å². The Morgan fingerprint density at radius 2 is 1.71 bits per heavy atom. The van der Waals surface area contributed by atoms with E-state index >= 15 is 0 Å². The van der Waals surface area contributed by atoms with Crippen LogP contribution in [0.3, 0.4) is 0 Å². The van der Waals surface area contributed by atoms with Gasteiger partial charge in [0.15, 0.2) is 5.41 Å². The molecule has 0 N–H and O–H groups in total. The second-order valence-corrected chi connectivity index (χ2v) is 7.20. The minimum Gasteiger partial charge on any atom is -0.465 e. The zero-order valence-corrected chi connectivity index (χ0v) is 15.0. The summed E-state index contributed by atoms with van der Waals surface area (Å²) in [5.41, 5.74) is -1.24. The number of carbonyl (C=O) groups is 2. The van der Waals surface area contributed by atoms with Gasteiger partial charge in [0.25, 0.3) is 0 Å². The van der Waals surface area contributed by atoms with Crippen LogP contribution in [0.2, 0.25) is 0 Å². The number of carbonyl (C=O) groups excluding carboxylic acids is 2. The van der Waals surface area contributed by atoms with Crippen molar-refractivity contribution in [2.24, 2.45) is 5.41 Å². The molecule has 6 heteroatoms. The number of hydrogen-bond donors (Lipinski definition) is 0. The molecule has 1 aromatic rings. The first-order valence-corrected chi connectivity index (χ1v) is 8.69. The van der Waals surface area contributed by atoms with Gasteiger partial charge in [-0.2, -0.15) is 0 Å². The van der Waals surface area contributed by atoms with Gasteiger partial charge in [0.05, 0.1) is 17.0 Å². The second kappa shape index (κ2) is 8.54. The molecule has 0 radical (unpaired) electrons. The number of ether oxygens (including phenoxy) is 2. The van der Waals surface area contributed by atoms with E-state index < -0.39 is 17.4 Å². The molecule has 0 saturated heterocycles. The van der Waals surface area contributed by atoms with Crippen LogP contribution < -0.4 is 0 Å². The molecule has 0 aliphatic carbocycles. The molecular formula is C15H21BrO4S. The molecule has 0 fully saturated rings. The first-order valence-electron chi connectivity index (χ1n) is 7.08. The van der Waals surface area contributed by atoms with Crippen LogP contribution in [0.5, 0.6) is 0 Å². The summed E-state index contributed by atoms with van der Waals surface area (Å²) >= 11 is 4.91. The molecule has 1 rings (SSSR count). The van der Waals surface area contributed by atoms with Gasteiger partial charge < -0.3 is 9.47 Å². The Labute approximate surface area is 138 Å². The molecule has 0 aromatic carbocycles. The standard InChI is InChI=1S/C15H21BrO4S/c1-4-9-15(13(17)19-5-2,14(18)20-6-3)10-11-7-8-12(16)21-11/h7-8H,4-6,9-10H2,1-3H3. The van der Waals surface area contributed by atoms with E-state index in [1.54, 1.807) is 13.8 Å². The Kier molecular flexibility index (Phi) is 7.39. The number of rotatable bonds is 8. The highest BCUT2D eigenvalue weighted by Crippen LogP contribution is 2.35. The lowest BCUT2D eigenvalue weighted by atomic mass is 9.79. The first kappa shape index (κ1) is 18.2. The maximum Gasteiger partial charge on any atom is 0.323 e. The molecule has 118 valence electrons. The molecule has 4 nitrogen and oxygen atoms in total. The molecule has 0 bridgehead atoms. The van der Waals surface area contributed by atoms with Crippen molar-refractivity contribution in [1.82, 2.24) is 0 Å². The van der Waals surface area contributed by atoms with Gasteiger partial charge >= 0.3 is 11.9 Å². The van der Waals surface area contributed by atoms with E-state index in [4.69, 9.17) is 9.47 Å². The summed E-state index contributed by atoms with van der Waals surface area (Å²) in [4.78, 5) is 25.9. The van der Waals surface area contributed by atoms with Crippen LogP contribution in [0, 0.1) is 5.41 Å². The Morgan fingerprint density at radius 3 is 2.10 bits per heavy atom. The minimum absolute atomic E-state index is 0.248. The second-order valence-electron chi connectivity index (χ2n) is 4.66. The Morgan fingerprint density at radius 1 is 1.14 bits per heavy atom. The quantitative estimate of drug-likeness (QED) is 0.508. The van der Waals surface area contributed by atoms with E-state index in [-0.39, 0.29) is 13.2 Å². The Bertz CT molecular complexity index is 466. The van der Waals surface area contributed by atoms with Crippen molar-refractivity contribution < 1.29 is 19.1 Å². The van der Waals surface area contributed by atoms with Crippen LogP contribution in [-0.2, 0) is 25.5 Å². The SMILES string of the molecule is CCCC(Cc1ccc(Br)s1)(C(=O)OCC)C(=O)OCC. The molecular weight excluding hydrogens is 356 g/mol. The highest BCUT2D eigenvalue weighted by Gasteiger charge is 2.48. The fourth-order valence-corrected chi connectivity index (χ4v) is 3.83. The number of esters is 2. The van der Waals surface area contributed by atoms with Crippen molar-refractivity contribution >= 4 is 39.2 Å². The lowest BCUT2D eigenvalue weighted by Crippen LogP contribution is -2.43. The molecule has 1 heterocycles. The zero-order valence-electron chi connectivity index (χ0n) is 12.6. The molecule has 0 atom stereocenters. The highest BCUT2D eigenvalue weighted by atomic mass is 79.9. The molecule has 21 heavy (non-hydrogen) atoms. The minimum atomic E-state index is -1.24. The van der Waals surface area contributed by atoms with Gasteiger partial charge in [0.2, 0.25) is 0 Å². The van der Waals surface area contributed by atoms with E-state index in [2.05, 4.69) is 15.9 Å². The van der Waals surface area contributed by atoms with Crippen molar-refractivity contribution in [2.75, 3.05) is 13.2 Å². The molecule has 0 aliphatic heterocycles. The lowest BCUT2D eigenvalue weighted by Gasteiger charge is -2.28. The van der Waals surface area contributed by atoms with Crippen molar-refractivity contribution in [3.05, 3.63) is 20.8 Å². The van der Waals surface area contributed by atoms with E-state index in [9.17, 15) is 9.59 Å². The van der Waals surface area contributed by atoms with E-state index in [0.717, 1.165) is 8.66 Å². The van der Waals surface area contributed by atoms with Gasteiger partial charge in [-0.05, 0) is 48.3 Å². The van der Waals surface area contributed by atoms with Gasteiger partial charge in [0, 0.05) is 11.3 Å². The molecule has 0 saturated carbocycles. The predicted molar refractivity (Wildman–Crippen MR) is 86.3 cm³/mol. The topological polar surface area (TPSA) is 52.6 Å². The molecule has 0 amide bonds. The van der Waals surface area contributed by atoms with Gasteiger partial charge in [-0.25, -0.2) is 0 Å². The summed E-state index contributed by atoms with van der Waals surface area (Å²) in [6.07, 6.45) is 1.43. The van der Waals surface area contributed by atoms with Crippen molar-refractivity contribution in [2.45, 2.75) is 40.0 Å². The van der Waals surface area contributed by atoms with Crippen molar-refractivity contribution in [3.63, 3.8) is 0 Å². The predicted octanol–water partition coefficient (Wildman–Crippen LogP) is 3.97. The summed E-state index contributed by atoms with van der Waals surface area (Å²) in [5.74, 6) is -0.982. The molecule has 0 spiro atoms. The Hall–Kier alpha value is -0.880. The highest BCUT2D eigenvalue weighted by molar-refractivity contribution is 9.11. The third-order valence-electron chi connectivity index (χ3n) is 3.11. The fraction of sp³-hybridized carbons (Fsp3) is 0.600. The third-order valence-corrected chi connectivity index (χ3v) is 4.74. The van der Waals surface area contributed by atoms with Gasteiger partial charge in [-0.1, -0.05) is 13.3 Å². The molecule has 0 unspecified atom stereocenters. The third kappa shape index (κ3) is 4.54. The average Bonchev–Trinajstić information content (AvgIpc) is 2.84. The van der Waals surface area contributed by atoms with Gasteiger partial charge in [0.1, 0.15) is 0 Å². The summed E-state index contributed by atoms with van der Waals surface area (Å²) in [6, 6.07) is 3.82. The zero-order chi connectivity index (χ0) is 15.9. The van der Waals surface area contributed by atoms with Crippen LogP contribution in [0.1, 0.15) is 38.5 Å². The molecule has 0 aliphatic rings. The lowest BCUT2D eigenvalue weighted by molar-refractivity contribution is -0.172. The van der Waals surface area contributed by atoms with Crippen LogP contribution in [-0.4, -0.2) is 25.2 Å². The Balaban J connectivity index is 3.15. The smallest absolute Gasteiger partial charge is 0.323 e.